The second-order valence-electron chi connectivity index (χ2n) is 3.64. The molecule has 0 bridgehead atoms. The summed E-state index contributed by atoms with van der Waals surface area (Å²) in [5.74, 6) is -4.09. The van der Waals surface area contributed by atoms with E-state index in [1.54, 1.807) is 12.1 Å². The number of halogens is 3. The second kappa shape index (κ2) is 5.91. The molecule has 0 saturated heterocycles. The largest absolute Gasteiger partial charge is 0.339 e. The van der Waals surface area contributed by atoms with Crippen molar-refractivity contribution < 1.29 is 18.0 Å². The van der Waals surface area contributed by atoms with Crippen LogP contribution in [0.2, 0.25) is 0 Å². The first-order chi connectivity index (χ1) is 9.58. The number of urea groups is 1. The molecule has 104 valence electrons. The van der Waals surface area contributed by atoms with Crippen LogP contribution in [0.25, 0.3) is 0 Å². The predicted octanol–water partition coefficient (Wildman–Crippen LogP) is 2.65. The molecule has 8 heteroatoms. The van der Waals surface area contributed by atoms with Crippen LogP contribution in [0.5, 0.6) is 0 Å². The predicted molar refractivity (Wildman–Crippen MR) is 66.3 cm³/mol. The quantitative estimate of drug-likeness (QED) is 0.599. The van der Waals surface area contributed by atoms with Crippen LogP contribution in [-0.2, 0) is 0 Å². The van der Waals surface area contributed by atoms with Gasteiger partial charge in [0.25, 0.3) is 0 Å². The molecule has 0 fully saturated rings. The minimum absolute atomic E-state index is 0.276. The van der Waals surface area contributed by atoms with Crippen molar-refractivity contribution >= 4 is 17.5 Å². The zero-order valence-corrected chi connectivity index (χ0v) is 9.95. The molecule has 20 heavy (non-hydrogen) atoms. The van der Waals surface area contributed by atoms with Gasteiger partial charge in [-0.2, -0.15) is 0 Å². The minimum atomic E-state index is -1.62. The number of aromatic nitrogens is 1. The number of nitrogens with one attached hydrogen (secondary N) is 3. The molecule has 1 aromatic heterocycles. The first-order valence-corrected chi connectivity index (χ1v) is 5.45. The average molecular weight is 282 g/mol. The number of rotatable bonds is 3. The standard InChI is InChI=1S/C12H9F3N4O/c13-7-4-5-8(11(15)10(7)14)18-19-12(20)17-9-3-1-2-6-16-9/h1-6,18H,(H2,16,17,19,20). The van der Waals surface area contributed by atoms with E-state index in [4.69, 9.17) is 0 Å². The van der Waals surface area contributed by atoms with Crippen LogP contribution >= 0.6 is 0 Å². The lowest BCUT2D eigenvalue weighted by molar-refractivity contribution is 0.253. The fourth-order valence-electron chi connectivity index (χ4n) is 1.33. The number of hydrogen-bond acceptors (Lipinski definition) is 3. The van der Waals surface area contributed by atoms with Crippen LogP contribution in [0.3, 0.4) is 0 Å². The van der Waals surface area contributed by atoms with Gasteiger partial charge in [-0.1, -0.05) is 6.07 Å². The van der Waals surface area contributed by atoms with E-state index in [9.17, 15) is 18.0 Å². The fourth-order valence-corrected chi connectivity index (χ4v) is 1.33. The third-order valence-electron chi connectivity index (χ3n) is 2.25. The molecule has 2 amide bonds. The number of hydrogen-bond donors (Lipinski definition) is 3. The number of amides is 2. The highest BCUT2D eigenvalue weighted by Crippen LogP contribution is 2.18. The number of pyridine rings is 1. The maximum absolute atomic E-state index is 13.3. The van der Waals surface area contributed by atoms with Crippen LogP contribution in [-0.4, -0.2) is 11.0 Å². The summed E-state index contributed by atoms with van der Waals surface area (Å²) in [5.41, 5.74) is 3.79. The van der Waals surface area contributed by atoms with E-state index >= 15 is 0 Å². The number of carbonyl (C=O) groups excluding carboxylic acids is 1. The molecule has 0 aliphatic carbocycles. The van der Waals surface area contributed by atoms with Crippen LogP contribution in [0.1, 0.15) is 0 Å². The van der Waals surface area contributed by atoms with Crippen LogP contribution < -0.4 is 16.2 Å². The monoisotopic (exact) mass is 282 g/mol. The molecular weight excluding hydrogens is 273 g/mol. The summed E-state index contributed by atoms with van der Waals surface area (Å²) < 4.78 is 38.9. The van der Waals surface area contributed by atoms with Crippen molar-refractivity contribution in [2.24, 2.45) is 0 Å². The number of benzene rings is 1. The van der Waals surface area contributed by atoms with Gasteiger partial charge in [-0.25, -0.2) is 22.9 Å². The summed E-state index contributed by atoms with van der Waals surface area (Å²) >= 11 is 0. The van der Waals surface area contributed by atoms with Crippen LogP contribution in [0, 0.1) is 17.5 Å². The normalized spacial score (nSPS) is 9.95. The third-order valence-corrected chi connectivity index (χ3v) is 2.25. The molecule has 0 aliphatic rings. The van der Waals surface area contributed by atoms with Gasteiger partial charge >= 0.3 is 6.03 Å². The molecule has 1 aromatic carbocycles. The maximum atomic E-state index is 13.3. The zero-order valence-electron chi connectivity index (χ0n) is 9.95. The molecule has 0 saturated carbocycles. The Morgan fingerprint density at radius 1 is 1.05 bits per heavy atom. The van der Waals surface area contributed by atoms with E-state index in [0.29, 0.717) is 0 Å². The Morgan fingerprint density at radius 3 is 2.55 bits per heavy atom. The Morgan fingerprint density at radius 2 is 1.85 bits per heavy atom. The summed E-state index contributed by atoms with van der Waals surface area (Å²) in [6.45, 7) is 0. The molecular formula is C12H9F3N4O. The Labute approximate surface area is 111 Å². The van der Waals surface area contributed by atoms with Gasteiger partial charge in [-0.05, 0) is 24.3 Å². The lowest BCUT2D eigenvalue weighted by Gasteiger charge is -2.10. The number of anilines is 2. The molecule has 0 atom stereocenters. The summed E-state index contributed by atoms with van der Waals surface area (Å²) in [5, 5.41) is 2.34. The van der Waals surface area contributed by atoms with E-state index in [0.717, 1.165) is 12.1 Å². The van der Waals surface area contributed by atoms with Gasteiger partial charge in [0.15, 0.2) is 17.5 Å². The van der Waals surface area contributed by atoms with Crippen LogP contribution in [0.4, 0.5) is 29.5 Å². The van der Waals surface area contributed by atoms with Crippen molar-refractivity contribution in [2.75, 3.05) is 10.7 Å². The molecule has 0 unspecified atom stereocenters. The Hall–Kier alpha value is -2.77. The Bertz CT molecular complexity index is 622. The zero-order chi connectivity index (χ0) is 14.5. The smallest absolute Gasteiger partial charge is 0.294 e. The first kappa shape index (κ1) is 13.7. The Balaban J connectivity index is 1.96. The fraction of sp³-hybridized carbons (Fsp3) is 0. The van der Waals surface area contributed by atoms with Crippen molar-refractivity contribution in [1.82, 2.24) is 10.4 Å². The SMILES string of the molecule is O=C(NNc1ccc(F)c(F)c1F)Nc1ccccn1. The van der Waals surface area contributed by atoms with Gasteiger partial charge < -0.3 is 0 Å². The van der Waals surface area contributed by atoms with Gasteiger partial charge in [0.2, 0.25) is 0 Å². The summed E-state index contributed by atoms with van der Waals surface area (Å²) in [6, 6.07) is 5.81. The van der Waals surface area contributed by atoms with E-state index in [1.807, 2.05) is 0 Å². The number of nitrogens with zero attached hydrogens (tertiary/aromatic N) is 1. The molecule has 2 aromatic rings. The summed E-state index contributed by atoms with van der Waals surface area (Å²) in [7, 11) is 0. The van der Waals surface area contributed by atoms with E-state index in [-0.39, 0.29) is 5.82 Å². The third kappa shape index (κ3) is 3.16. The minimum Gasteiger partial charge on any atom is -0.294 e. The van der Waals surface area contributed by atoms with Crippen molar-refractivity contribution in [2.45, 2.75) is 0 Å². The average Bonchev–Trinajstić information content (AvgIpc) is 2.45. The second-order valence-corrected chi connectivity index (χ2v) is 3.64. The van der Waals surface area contributed by atoms with Crippen molar-refractivity contribution in [3.63, 3.8) is 0 Å². The van der Waals surface area contributed by atoms with E-state index in [1.165, 1.54) is 12.3 Å². The molecule has 0 aliphatic heterocycles. The van der Waals surface area contributed by atoms with E-state index in [2.05, 4.69) is 21.2 Å². The molecule has 0 radical (unpaired) electrons. The van der Waals surface area contributed by atoms with Gasteiger partial charge in [-0.3, -0.25) is 16.2 Å². The van der Waals surface area contributed by atoms with Gasteiger partial charge in [0.1, 0.15) is 5.82 Å². The lowest BCUT2D eigenvalue weighted by Crippen LogP contribution is -2.34. The summed E-state index contributed by atoms with van der Waals surface area (Å²) in [6.07, 6.45) is 1.47. The molecule has 3 N–H and O–H groups in total. The maximum Gasteiger partial charge on any atom is 0.339 e. The molecule has 1 heterocycles. The Kier molecular flexibility index (Phi) is 4.04. The van der Waals surface area contributed by atoms with Crippen molar-refractivity contribution in [1.29, 1.82) is 0 Å². The van der Waals surface area contributed by atoms with Crippen molar-refractivity contribution in [3.8, 4) is 0 Å². The molecule has 0 spiro atoms. The van der Waals surface area contributed by atoms with E-state index < -0.39 is 29.2 Å². The van der Waals surface area contributed by atoms with Gasteiger partial charge in [0, 0.05) is 6.20 Å². The number of carbonyl (C=O) groups is 1. The molecule has 2 rings (SSSR count). The highest BCUT2D eigenvalue weighted by Gasteiger charge is 2.13. The van der Waals surface area contributed by atoms with Gasteiger partial charge in [-0.15, -0.1) is 0 Å². The number of hydrazine groups is 1. The lowest BCUT2D eigenvalue weighted by atomic mass is 10.3. The molecule has 5 nitrogen and oxygen atoms in total. The highest BCUT2D eigenvalue weighted by atomic mass is 19.2. The highest BCUT2D eigenvalue weighted by molar-refractivity contribution is 5.88. The summed E-state index contributed by atoms with van der Waals surface area (Å²) in [4.78, 5) is 15.3. The van der Waals surface area contributed by atoms with Crippen molar-refractivity contribution in [3.05, 3.63) is 54.0 Å². The topological polar surface area (TPSA) is 66.1 Å². The van der Waals surface area contributed by atoms with Gasteiger partial charge in [0.05, 0.1) is 5.69 Å². The first-order valence-electron chi connectivity index (χ1n) is 5.45. The van der Waals surface area contributed by atoms with Crippen LogP contribution in [0.15, 0.2) is 36.5 Å².